The van der Waals surface area contributed by atoms with Gasteiger partial charge >= 0.3 is 0 Å². The maximum Gasteiger partial charge on any atom is 0.277 e. The highest BCUT2D eigenvalue weighted by molar-refractivity contribution is 4.91. The molecule has 0 bridgehead atoms. The Hall–Kier alpha value is -0.900. The number of hydrogen-bond donors (Lipinski definition) is 1. The zero-order chi connectivity index (χ0) is 8.32. The molecule has 0 aliphatic rings. The number of nitrogens with zero attached hydrogens (tertiary/aromatic N) is 1. The lowest BCUT2D eigenvalue weighted by atomic mass is 10.3. The van der Waals surface area contributed by atoms with Crippen molar-refractivity contribution in [2.75, 3.05) is 6.54 Å². The minimum atomic E-state index is -2.79. The molecule has 0 aromatic carbocycles. The predicted octanol–water partition coefficient (Wildman–Crippen LogP) is 1.08. The summed E-state index contributed by atoms with van der Waals surface area (Å²) in [6, 6.07) is 3.40. The molecule has 0 saturated carbocycles. The summed E-state index contributed by atoms with van der Waals surface area (Å²) in [5, 5.41) is 0. The van der Waals surface area contributed by atoms with Crippen molar-refractivity contribution in [2.45, 2.75) is 12.5 Å². The van der Waals surface area contributed by atoms with E-state index in [9.17, 15) is 8.78 Å². The third-order valence-electron chi connectivity index (χ3n) is 1.38. The summed E-state index contributed by atoms with van der Waals surface area (Å²) >= 11 is 0. The fourth-order valence-corrected chi connectivity index (χ4v) is 0.807. The van der Waals surface area contributed by atoms with Crippen LogP contribution in [0.3, 0.4) is 0 Å². The van der Waals surface area contributed by atoms with Gasteiger partial charge in [-0.05, 0) is 12.1 Å². The fourth-order valence-electron chi connectivity index (χ4n) is 0.807. The summed E-state index contributed by atoms with van der Waals surface area (Å²) in [6.07, 6.45) is 3.17. The first kappa shape index (κ1) is 8.20. The largest absolute Gasteiger partial charge is 0.348 e. The first-order chi connectivity index (χ1) is 5.14. The van der Waals surface area contributed by atoms with Crippen molar-refractivity contribution in [3.8, 4) is 0 Å². The molecule has 0 spiro atoms. The second kappa shape index (κ2) is 3.00. The van der Waals surface area contributed by atoms with Gasteiger partial charge in [-0.3, -0.25) is 0 Å². The standard InChI is InChI=1S/C7H10F2N2/c8-7(9,5-10)6-11-3-1-2-4-11/h1-4H,5-6,10H2. The van der Waals surface area contributed by atoms with Gasteiger partial charge in [-0.2, -0.15) is 0 Å². The van der Waals surface area contributed by atoms with E-state index in [1.54, 1.807) is 24.5 Å². The topological polar surface area (TPSA) is 30.9 Å². The van der Waals surface area contributed by atoms with Crippen LogP contribution in [-0.2, 0) is 6.54 Å². The third kappa shape index (κ3) is 2.31. The van der Waals surface area contributed by atoms with Crippen molar-refractivity contribution in [3.63, 3.8) is 0 Å². The van der Waals surface area contributed by atoms with E-state index in [0.717, 1.165) is 0 Å². The Labute approximate surface area is 63.6 Å². The molecule has 0 aliphatic heterocycles. The third-order valence-corrected chi connectivity index (χ3v) is 1.38. The molecular weight excluding hydrogens is 150 g/mol. The van der Waals surface area contributed by atoms with Crippen molar-refractivity contribution in [2.24, 2.45) is 5.73 Å². The molecule has 62 valence electrons. The Bertz CT molecular complexity index is 206. The Kier molecular flexibility index (Phi) is 2.24. The van der Waals surface area contributed by atoms with Gasteiger partial charge in [0.1, 0.15) is 0 Å². The molecule has 0 fully saturated rings. The van der Waals surface area contributed by atoms with E-state index < -0.39 is 12.5 Å². The Morgan fingerprint density at radius 1 is 1.27 bits per heavy atom. The molecule has 1 aromatic rings. The van der Waals surface area contributed by atoms with Crippen molar-refractivity contribution in [3.05, 3.63) is 24.5 Å². The second-order valence-corrected chi connectivity index (χ2v) is 2.42. The number of alkyl halides is 2. The number of hydrogen-bond acceptors (Lipinski definition) is 1. The second-order valence-electron chi connectivity index (χ2n) is 2.42. The van der Waals surface area contributed by atoms with Crippen LogP contribution in [0.15, 0.2) is 24.5 Å². The highest BCUT2D eigenvalue weighted by atomic mass is 19.3. The van der Waals surface area contributed by atoms with Crippen LogP contribution in [0, 0.1) is 0 Å². The van der Waals surface area contributed by atoms with Gasteiger partial charge in [0.2, 0.25) is 0 Å². The molecule has 2 N–H and O–H groups in total. The molecule has 0 aliphatic carbocycles. The minimum Gasteiger partial charge on any atom is -0.348 e. The molecule has 0 unspecified atom stereocenters. The van der Waals surface area contributed by atoms with Crippen LogP contribution in [0.5, 0.6) is 0 Å². The summed E-state index contributed by atoms with van der Waals surface area (Å²) in [4.78, 5) is 0. The Balaban J connectivity index is 2.56. The summed E-state index contributed by atoms with van der Waals surface area (Å²) in [5.41, 5.74) is 4.86. The van der Waals surface area contributed by atoms with E-state index >= 15 is 0 Å². The van der Waals surface area contributed by atoms with Crippen LogP contribution in [0.4, 0.5) is 8.78 Å². The molecule has 0 atom stereocenters. The predicted molar refractivity (Wildman–Crippen MR) is 38.4 cm³/mol. The zero-order valence-electron chi connectivity index (χ0n) is 6.00. The maximum absolute atomic E-state index is 12.6. The van der Waals surface area contributed by atoms with Gasteiger partial charge in [0.05, 0.1) is 13.1 Å². The fraction of sp³-hybridized carbons (Fsp3) is 0.429. The van der Waals surface area contributed by atoms with E-state index in [0.29, 0.717) is 0 Å². The van der Waals surface area contributed by atoms with E-state index in [1.165, 1.54) is 4.57 Å². The highest BCUT2D eigenvalue weighted by Gasteiger charge is 2.26. The quantitative estimate of drug-likeness (QED) is 0.704. The lowest BCUT2D eigenvalue weighted by molar-refractivity contribution is -0.00651. The van der Waals surface area contributed by atoms with Crippen LogP contribution < -0.4 is 5.73 Å². The molecule has 0 saturated heterocycles. The molecule has 2 nitrogen and oxygen atoms in total. The molecule has 1 heterocycles. The number of rotatable bonds is 3. The lowest BCUT2D eigenvalue weighted by Gasteiger charge is -2.13. The zero-order valence-corrected chi connectivity index (χ0v) is 6.00. The maximum atomic E-state index is 12.6. The summed E-state index contributed by atoms with van der Waals surface area (Å²) < 4.78 is 26.6. The van der Waals surface area contributed by atoms with E-state index in [1.807, 2.05) is 0 Å². The monoisotopic (exact) mass is 160 g/mol. The van der Waals surface area contributed by atoms with Gasteiger partial charge in [-0.1, -0.05) is 0 Å². The van der Waals surface area contributed by atoms with Gasteiger partial charge in [0, 0.05) is 12.4 Å². The Morgan fingerprint density at radius 2 is 1.82 bits per heavy atom. The molecule has 1 rings (SSSR count). The first-order valence-electron chi connectivity index (χ1n) is 3.33. The van der Waals surface area contributed by atoms with Crippen molar-refractivity contribution in [1.82, 2.24) is 4.57 Å². The molecule has 4 heteroatoms. The van der Waals surface area contributed by atoms with Gasteiger partial charge in [-0.15, -0.1) is 0 Å². The number of nitrogens with two attached hydrogens (primary N) is 1. The van der Waals surface area contributed by atoms with Gasteiger partial charge in [-0.25, -0.2) is 8.78 Å². The van der Waals surface area contributed by atoms with Gasteiger partial charge < -0.3 is 10.3 Å². The molecule has 11 heavy (non-hydrogen) atoms. The van der Waals surface area contributed by atoms with Crippen LogP contribution >= 0.6 is 0 Å². The van der Waals surface area contributed by atoms with Crippen molar-refractivity contribution >= 4 is 0 Å². The molecule has 1 aromatic heterocycles. The van der Waals surface area contributed by atoms with Crippen LogP contribution in [0.25, 0.3) is 0 Å². The highest BCUT2D eigenvalue weighted by Crippen LogP contribution is 2.13. The summed E-state index contributed by atoms with van der Waals surface area (Å²) in [5.74, 6) is -2.79. The van der Waals surface area contributed by atoms with Crippen LogP contribution in [-0.4, -0.2) is 17.0 Å². The molecular formula is C7H10F2N2. The SMILES string of the molecule is NCC(F)(F)Cn1cccc1. The lowest BCUT2D eigenvalue weighted by Crippen LogP contribution is -2.32. The number of aromatic nitrogens is 1. The average Bonchev–Trinajstić information content (AvgIpc) is 2.39. The van der Waals surface area contributed by atoms with E-state index in [2.05, 4.69) is 0 Å². The summed E-state index contributed by atoms with van der Waals surface area (Å²) in [6.45, 7) is -0.943. The van der Waals surface area contributed by atoms with Crippen molar-refractivity contribution < 1.29 is 8.78 Å². The smallest absolute Gasteiger partial charge is 0.277 e. The van der Waals surface area contributed by atoms with Crippen molar-refractivity contribution in [1.29, 1.82) is 0 Å². The molecule has 0 radical (unpaired) electrons. The van der Waals surface area contributed by atoms with Gasteiger partial charge in [0.15, 0.2) is 0 Å². The normalized spacial score (nSPS) is 11.9. The van der Waals surface area contributed by atoms with E-state index in [-0.39, 0.29) is 6.54 Å². The van der Waals surface area contributed by atoms with E-state index in [4.69, 9.17) is 5.73 Å². The minimum absolute atomic E-state index is 0.337. The first-order valence-corrected chi connectivity index (χ1v) is 3.33. The average molecular weight is 160 g/mol. The molecule has 0 amide bonds. The van der Waals surface area contributed by atoms with Crippen LogP contribution in [0.1, 0.15) is 0 Å². The number of halogens is 2. The van der Waals surface area contributed by atoms with Crippen LogP contribution in [0.2, 0.25) is 0 Å². The summed E-state index contributed by atoms with van der Waals surface area (Å²) in [7, 11) is 0. The Morgan fingerprint density at radius 3 is 2.27 bits per heavy atom. The van der Waals surface area contributed by atoms with Gasteiger partial charge in [0.25, 0.3) is 5.92 Å².